The molecule has 3 amide bonds. The minimum absolute atomic E-state index is 0.151. The van der Waals surface area contributed by atoms with Crippen LogP contribution >= 0.6 is 11.6 Å². The first-order valence-electron chi connectivity index (χ1n) is 10.3. The molecule has 4 rings (SSSR count). The highest BCUT2D eigenvalue weighted by Gasteiger charge is 2.49. The average Bonchev–Trinajstić information content (AvgIpc) is 3.02. The van der Waals surface area contributed by atoms with E-state index in [9.17, 15) is 14.4 Å². The van der Waals surface area contributed by atoms with Crippen LogP contribution in [0.4, 0.5) is 5.69 Å². The lowest BCUT2D eigenvalue weighted by atomic mass is 9.83. The van der Waals surface area contributed by atoms with Gasteiger partial charge in [-0.3, -0.25) is 24.2 Å². The van der Waals surface area contributed by atoms with Crippen molar-refractivity contribution >= 4 is 35.0 Å². The Bertz CT molecular complexity index is 816. The van der Waals surface area contributed by atoms with Crippen LogP contribution in [0.15, 0.2) is 24.3 Å². The number of likely N-dealkylation sites (tertiary alicyclic amines) is 2. The lowest BCUT2D eigenvalue weighted by Gasteiger charge is -2.48. The minimum Gasteiger partial charge on any atom is -0.368 e. The first-order valence-corrected chi connectivity index (χ1v) is 10.7. The second-order valence-electron chi connectivity index (χ2n) is 8.25. The van der Waals surface area contributed by atoms with Crippen LogP contribution in [0.3, 0.4) is 0 Å². The van der Waals surface area contributed by atoms with E-state index in [0.29, 0.717) is 36.6 Å². The predicted molar refractivity (Wildman–Crippen MR) is 111 cm³/mol. The number of nitrogens with zero attached hydrogens (tertiary/aromatic N) is 3. The summed E-state index contributed by atoms with van der Waals surface area (Å²) in [4.78, 5) is 43.6. The van der Waals surface area contributed by atoms with Crippen LogP contribution in [0.25, 0.3) is 0 Å². The molecule has 2 N–H and O–H groups in total. The van der Waals surface area contributed by atoms with Crippen LogP contribution in [0, 0.1) is 0 Å². The molecule has 0 radical (unpaired) electrons. The summed E-state index contributed by atoms with van der Waals surface area (Å²) in [5.41, 5.74) is 5.73. The maximum absolute atomic E-state index is 13.0. The second-order valence-corrected chi connectivity index (χ2v) is 8.68. The van der Waals surface area contributed by atoms with Gasteiger partial charge in [0.2, 0.25) is 11.8 Å². The van der Waals surface area contributed by atoms with Gasteiger partial charge in [-0.15, -0.1) is 0 Å². The van der Waals surface area contributed by atoms with Gasteiger partial charge in [-0.05, 0) is 57.0 Å². The van der Waals surface area contributed by atoms with Crippen LogP contribution in [0.5, 0.6) is 0 Å². The maximum atomic E-state index is 13.0. The van der Waals surface area contributed by atoms with Crippen LogP contribution in [0.1, 0.15) is 38.5 Å². The number of amides is 3. The zero-order valence-corrected chi connectivity index (χ0v) is 17.2. The molecule has 1 atom stereocenters. The minimum atomic E-state index is -0.630. The van der Waals surface area contributed by atoms with Gasteiger partial charge < -0.3 is 5.73 Å². The quantitative estimate of drug-likeness (QED) is 0.753. The molecule has 3 saturated heterocycles. The van der Waals surface area contributed by atoms with E-state index < -0.39 is 11.6 Å². The molecule has 29 heavy (non-hydrogen) atoms. The van der Waals surface area contributed by atoms with Crippen molar-refractivity contribution in [3.05, 3.63) is 29.3 Å². The van der Waals surface area contributed by atoms with E-state index in [1.54, 1.807) is 24.3 Å². The summed E-state index contributed by atoms with van der Waals surface area (Å²) in [7, 11) is 0. The number of rotatable bonds is 4. The average molecular weight is 419 g/mol. The van der Waals surface area contributed by atoms with Crippen molar-refractivity contribution < 1.29 is 14.4 Å². The van der Waals surface area contributed by atoms with Crippen molar-refractivity contribution in [2.24, 2.45) is 5.73 Å². The third kappa shape index (κ3) is 3.67. The molecular weight excluding hydrogens is 392 g/mol. The molecule has 0 unspecified atom stereocenters. The topological polar surface area (TPSA) is 87.0 Å². The van der Waals surface area contributed by atoms with E-state index in [1.807, 2.05) is 4.90 Å². The summed E-state index contributed by atoms with van der Waals surface area (Å²) < 4.78 is 0. The molecule has 3 aliphatic heterocycles. The van der Waals surface area contributed by atoms with E-state index in [-0.39, 0.29) is 24.1 Å². The molecule has 156 valence electrons. The Labute approximate surface area is 175 Å². The van der Waals surface area contributed by atoms with Crippen LogP contribution in [0.2, 0.25) is 5.02 Å². The molecule has 0 aliphatic carbocycles. The molecule has 1 aromatic rings. The first-order chi connectivity index (χ1) is 13.9. The van der Waals surface area contributed by atoms with Gasteiger partial charge in [0.1, 0.15) is 5.54 Å². The molecule has 0 saturated carbocycles. The van der Waals surface area contributed by atoms with E-state index in [4.69, 9.17) is 17.3 Å². The number of carbonyl (C=O) groups excluding carboxylic acids is 3. The fourth-order valence-electron chi connectivity index (χ4n) is 5.03. The van der Waals surface area contributed by atoms with Crippen molar-refractivity contribution in [2.45, 2.75) is 50.1 Å². The van der Waals surface area contributed by atoms with Crippen molar-refractivity contribution in [1.29, 1.82) is 0 Å². The molecule has 3 aliphatic rings. The number of carbonyl (C=O) groups is 3. The molecule has 8 heteroatoms. The predicted octanol–water partition coefficient (Wildman–Crippen LogP) is 1.78. The van der Waals surface area contributed by atoms with Gasteiger partial charge in [0.25, 0.3) is 5.91 Å². The number of primary amides is 1. The molecule has 0 spiro atoms. The van der Waals surface area contributed by atoms with Crippen molar-refractivity contribution in [1.82, 2.24) is 9.80 Å². The zero-order chi connectivity index (χ0) is 20.6. The number of hydrogen-bond donors (Lipinski definition) is 1. The van der Waals surface area contributed by atoms with Gasteiger partial charge in [-0.2, -0.15) is 0 Å². The smallest absolute Gasteiger partial charge is 0.251 e. The van der Waals surface area contributed by atoms with Crippen molar-refractivity contribution in [3.63, 3.8) is 0 Å². The molecule has 0 aromatic heterocycles. The fourth-order valence-corrected chi connectivity index (χ4v) is 5.22. The highest BCUT2D eigenvalue weighted by Crippen LogP contribution is 2.34. The summed E-state index contributed by atoms with van der Waals surface area (Å²) in [5, 5.41) is 0.484. The highest BCUT2D eigenvalue weighted by molar-refractivity contribution is 6.31. The number of anilines is 1. The van der Waals surface area contributed by atoms with Gasteiger partial charge >= 0.3 is 0 Å². The number of imide groups is 1. The van der Waals surface area contributed by atoms with E-state index in [1.165, 1.54) is 11.3 Å². The number of piperidine rings is 2. The Hall–Kier alpha value is -1.96. The van der Waals surface area contributed by atoms with E-state index in [2.05, 4.69) is 4.90 Å². The Morgan fingerprint density at radius 2 is 1.76 bits per heavy atom. The molecule has 3 heterocycles. The lowest BCUT2D eigenvalue weighted by molar-refractivity contribution is -0.136. The largest absolute Gasteiger partial charge is 0.368 e. The summed E-state index contributed by atoms with van der Waals surface area (Å²) in [6.45, 7) is 2.94. The maximum Gasteiger partial charge on any atom is 0.251 e. The first kappa shape index (κ1) is 20.3. The van der Waals surface area contributed by atoms with Crippen LogP contribution in [-0.2, 0) is 14.4 Å². The monoisotopic (exact) mass is 418 g/mol. The van der Waals surface area contributed by atoms with Gasteiger partial charge in [0, 0.05) is 18.1 Å². The highest BCUT2D eigenvalue weighted by atomic mass is 35.5. The van der Waals surface area contributed by atoms with Gasteiger partial charge in [0.15, 0.2) is 0 Å². The summed E-state index contributed by atoms with van der Waals surface area (Å²) in [6.07, 6.45) is 4.70. The molecule has 3 fully saturated rings. The normalized spacial score (nSPS) is 26.1. The van der Waals surface area contributed by atoms with Gasteiger partial charge in [0.05, 0.1) is 18.2 Å². The Morgan fingerprint density at radius 3 is 2.38 bits per heavy atom. The molecule has 0 bridgehead atoms. The molecule has 1 aromatic carbocycles. The summed E-state index contributed by atoms with van der Waals surface area (Å²) in [6, 6.07) is 6.29. The Kier molecular flexibility index (Phi) is 5.64. The second kappa shape index (κ2) is 8.05. The number of nitrogens with two attached hydrogens (primary N) is 1. The SMILES string of the molecule is NC(=O)C1(N2CCCCC2)CCN([C@H]2CC(=O)N(c3cccc(Cl)c3)C2=O)CC1. The molecule has 7 nitrogen and oxygen atoms in total. The van der Waals surface area contributed by atoms with E-state index in [0.717, 1.165) is 25.9 Å². The zero-order valence-electron chi connectivity index (χ0n) is 16.5. The third-order valence-corrected chi connectivity index (χ3v) is 6.91. The van der Waals surface area contributed by atoms with Crippen molar-refractivity contribution in [2.75, 3.05) is 31.1 Å². The van der Waals surface area contributed by atoms with E-state index >= 15 is 0 Å². The number of hydrogen-bond acceptors (Lipinski definition) is 5. The summed E-state index contributed by atoms with van der Waals surface area (Å²) in [5.74, 6) is -0.708. The Morgan fingerprint density at radius 1 is 1.07 bits per heavy atom. The van der Waals surface area contributed by atoms with Gasteiger partial charge in [-0.1, -0.05) is 24.1 Å². The van der Waals surface area contributed by atoms with Crippen LogP contribution < -0.4 is 10.6 Å². The lowest BCUT2D eigenvalue weighted by Crippen LogP contribution is -2.64. The number of halogens is 1. The summed E-state index contributed by atoms with van der Waals surface area (Å²) >= 11 is 6.03. The third-order valence-electron chi connectivity index (χ3n) is 6.68. The standard InChI is InChI=1S/C21H27ClN4O3/c22-15-5-4-6-16(13-15)26-18(27)14-17(19(26)28)24-11-7-21(8-12-24,20(23)29)25-9-2-1-3-10-25/h4-6,13,17H,1-3,7-12,14H2,(H2,23,29)/t17-/m0/s1. The van der Waals surface area contributed by atoms with Crippen molar-refractivity contribution in [3.8, 4) is 0 Å². The fraction of sp³-hybridized carbons (Fsp3) is 0.571. The number of benzene rings is 1. The molecular formula is C21H27ClN4O3. The van der Waals surface area contributed by atoms with Gasteiger partial charge in [-0.25, -0.2) is 4.90 Å². The van der Waals surface area contributed by atoms with Crippen LogP contribution in [-0.4, -0.2) is 65.3 Å². The Balaban J connectivity index is 1.47.